The van der Waals surface area contributed by atoms with Gasteiger partial charge in [0, 0.05) is 57.1 Å². The average molecular weight is 412 g/mol. The van der Waals surface area contributed by atoms with Crippen molar-refractivity contribution in [2.24, 2.45) is 0 Å². The summed E-state index contributed by atoms with van der Waals surface area (Å²) < 4.78 is 10.6. The Morgan fingerprint density at radius 1 is 0.767 bits per heavy atom. The van der Waals surface area contributed by atoms with Gasteiger partial charge in [0.1, 0.15) is 0 Å². The Balaban J connectivity index is 1.67. The zero-order chi connectivity index (χ0) is 21.7. The highest BCUT2D eigenvalue weighted by atomic mass is 16.5. The molecule has 0 spiro atoms. The quantitative estimate of drug-likeness (QED) is 0.757. The second-order valence-corrected chi connectivity index (χ2v) is 7.45. The largest absolute Gasteiger partial charge is 0.493 e. The fraction of sp³-hybridized carbons (Fsp3) is 0.391. The third-order valence-electron chi connectivity index (χ3n) is 5.33. The minimum absolute atomic E-state index is 0.000668. The van der Waals surface area contributed by atoms with E-state index in [-0.39, 0.29) is 11.8 Å². The lowest BCUT2D eigenvalue weighted by molar-refractivity contribution is 0.0718. The number of rotatable bonds is 5. The summed E-state index contributed by atoms with van der Waals surface area (Å²) in [6, 6.07) is 12.8. The Kier molecular flexibility index (Phi) is 6.82. The summed E-state index contributed by atoms with van der Waals surface area (Å²) in [4.78, 5) is 31.5. The molecule has 0 bridgehead atoms. The molecular formula is C23H29N3O4. The van der Waals surface area contributed by atoms with Crippen LogP contribution in [0.2, 0.25) is 0 Å². The third kappa shape index (κ3) is 4.67. The van der Waals surface area contributed by atoms with E-state index >= 15 is 0 Å². The minimum atomic E-state index is -0.0689. The van der Waals surface area contributed by atoms with Crippen molar-refractivity contribution >= 4 is 17.5 Å². The lowest BCUT2D eigenvalue weighted by Crippen LogP contribution is -2.37. The van der Waals surface area contributed by atoms with E-state index < -0.39 is 0 Å². The summed E-state index contributed by atoms with van der Waals surface area (Å²) in [5, 5.41) is 0. The second kappa shape index (κ2) is 9.52. The van der Waals surface area contributed by atoms with Crippen molar-refractivity contribution in [1.29, 1.82) is 0 Å². The van der Waals surface area contributed by atoms with Crippen LogP contribution >= 0.6 is 0 Å². The topological polar surface area (TPSA) is 62.3 Å². The maximum absolute atomic E-state index is 13.0. The van der Waals surface area contributed by atoms with Gasteiger partial charge in [-0.1, -0.05) is 0 Å². The van der Waals surface area contributed by atoms with Gasteiger partial charge in [0.2, 0.25) is 0 Å². The van der Waals surface area contributed by atoms with Crippen LogP contribution in [-0.4, -0.2) is 76.1 Å². The maximum Gasteiger partial charge on any atom is 0.254 e. The standard InChI is InChI=1S/C23H29N3O4/c1-24(2)19-9-6-17(7-10-19)22(27)25-12-5-13-26(15-14-25)23(28)18-8-11-20(29-3)21(16-18)30-4/h6-11,16H,5,12-15H2,1-4H3. The SMILES string of the molecule is COc1ccc(C(=O)N2CCCN(C(=O)c3ccc(N(C)C)cc3)CC2)cc1OC. The van der Waals surface area contributed by atoms with E-state index in [1.54, 1.807) is 37.3 Å². The van der Waals surface area contributed by atoms with Gasteiger partial charge in [-0.05, 0) is 48.9 Å². The predicted octanol–water partition coefficient (Wildman–Crippen LogP) is 2.76. The first-order valence-electron chi connectivity index (χ1n) is 10.0. The molecule has 160 valence electrons. The van der Waals surface area contributed by atoms with Crippen molar-refractivity contribution in [2.75, 3.05) is 59.4 Å². The molecule has 1 heterocycles. The first-order valence-corrected chi connectivity index (χ1v) is 10.0. The zero-order valence-electron chi connectivity index (χ0n) is 18.1. The first-order chi connectivity index (χ1) is 14.4. The van der Waals surface area contributed by atoms with Crippen molar-refractivity contribution in [3.8, 4) is 11.5 Å². The number of methoxy groups -OCH3 is 2. The van der Waals surface area contributed by atoms with Crippen LogP contribution in [0.3, 0.4) is 0 Å². The van der Waals surface area contributed by atoms with E-state index in [9.17, 15) is 9.59 Å². The Labute approximate surface area is 177 Å². The summed E-state index contributed by atoms with van der Waals surface area (Å²) in [5.74, 6) is 1.04. The van der Waals surface area contributed by atoms with E-state index in [0.717, 1.165) is 12.1 Å². The highest BCUT2D eigenvalue weighted by Crippen LogP contribution is 2.28. The number of carbonyl (C=O) groups is 2. The number of anilines is 1. The molecule has 1 aliphatic heterocycles. The molecule has 0 aromatic heterocycles. The monoisotopic (exact) mass is 411 g/mol. The fourth-order valence-electron chi connectivity index (χ4n) is 3.56. The lowest BCUT2D eigenvalue weighted by Gasteiger charge is -2.23. The molecule has 7 heteroatoms. The Morgan fingerprint density at radius 2 is 1.30 bits per heavy atom. The summed E-state index contributed by atoms with van der Waals surface area (Å²) in [7, 11) is 7.05. The van der Waals surface area contributed by atoms with E-state index in [1.165, 1.54) is 0 Å². The molecule has 1 aliphatic rings. The number of ether oxygens (including phenoxy) is 2. The summed E-state index contributed by atoms with van der Waals surface area (Å²) >= 11 is 0. The van der Waals surface area contributed by atoms with Crippen LogP contribution in [0, 0.1) is 0 Å². The van der Waals surface area contributed by atoms with Crippen LogP contribution in [0.5, 0.6) is 11.5 Å². The molecule has 2 aromatic rings. The van der Waals surface area contributed by atoms with Gasteiger partial charge in [-0.2, -0.15) is 0 Å². The Hall–Kier alpha value is -3.22. The molecule has 1 saturated heterocycles. The first kappa shape index (κ1) is 21.5. The highest BCUT2D eigenvalue weighted by molar-refractivity contribution is 5.96. The summed E-state index contributed by atoms with van der Waals surface area (Å²) in [6.07, 6.45) is 0.737. The van der Waals surface area contributed by atoms with Gasteiger partial charge in [-0.15, -0.1) is 0 Å². The van der Waals surface area contributed by atoms with E-state index in [2.05, 4.69) is 0 Å². The van der Waals surface area contributed by atoms with Gasteiger partial charge in [0.25, 0.3) is 11.8 Å². The van der Waals surface area contributed by atoms with Crippen LogP contribution in [0.15, 0.2) is 42.5 Å². The summed E-state index contributed by atoms with van der Waals surface area (Å²) in [6.45, 7) is 2.24. The highest BCUT2D eigenvalue weighted by Gasteiger charge is 2.24. The zero-order valence-corrected chi connectivity index (χ0v) is 18.1. The molecular weight excluding hydrogens is 382 g/mol. The van der Waals surface area contributed by atoms with Crippen LogP contribution in [0.25, 0.3) is 0 Å². The van der Waals surface area contributed by atoms with Gasteiger partial charge < -0.3 is 24.2 Å². The van der Waals surface area contributed by atoms with Crippen molar-refractivity contribution in [3.63, 3.8) is 0 Å². The van der Waals surface area contributed by atoms with Crippen molar-refractivity contribution in [1.82, 2.24) is 9.80 Å². The molecule has 2 amide bonds. The van der Waals surface area contributed by atoms with Crippen molar-refractivity contribution < 1.29 is 19.1 Å². The van der Waals surface area contributed by atoms with Crippen molar-refractivity contribution in [3.05, 3.63) is 53.6 Å². The number of nitrogens with zero attached hydrogens (tertiary/aromatic N) is 3. The molecule has 2 aromatic carbocycles. The second-order valence-electron chi connectivity index (χ2n) is 7.45. The van der Waals surface area contributed by atoms with Crippen LogP contribution in [0.4, 0.5) is 5.69 Å². The van der Waals surface area contributed by atoms with Crippen LogP contribution < -0.4 is 14.4 Å². The molecule has 0 atom stereocenters. The van der Waals surface area contributed by atoms with Gasteiger partial charge in [0.05, 0.1) is 14.2 Å². The average Bonchev–Trinajstić information content (AvgIpc) is 3.04. The fourth-order valence-corrected chi connectivity index (χ4v) is 3.56. The van der Waals surface area contributed by atoms with Crippen molar-refractivity contribution in [2.45, 2.75) is 6.42 Å². The van der Waals surface area contributed by atoms with E-state index in [1.807, 2.05) is 48.2 Å². The molecule has 3 rings (SSSR count). The normalized spacial score (nSPS) is 14.1. The van der Waals surface area contributed by atoms with Gasteiger partial charge in [-0.25, -0.2) is 0 Å². The third-order valence-corrected chi connectivity index (χ3v) is 5.33. The molecule has 30 heavy (non-hydrogen) atoms. The van der Waals surface area contributed by atoms with Crippen LogP contribution in [-0.2, 0) is 0 Å². The molecule has 0 N–H and O–H groups in total. The predicted molar refractivity (Wildman–Crippen MR) is 117 cm³/mol. The number of hydrogen-bond donors (Lipinski definition) is 0. The molecule has 0 aliphatic carbocycles. The number of benzene rings is 2. The van der Waals surface area contributed by atoms with E-state index in [4.69, 9.17) is 9.47 Å². The Bertz CT molecular complexity index is 896. The Morgan fingerprint density at radius 3 is 1.83 bits per heavy atom. The van der Waals surface area contributed by atoms with Gasteiger partial charge in [0.15, 0.2) is 11.5 Å². The number of hydrogen-bond acceptors (Lipinski definition) is 5. The molecule has 1 fully saturated rings. The summed E-state index contributed by atoms with van der Waals surface area (Å²) in [5.41, 5.74) is 2.26. The van der Waals surface area contributed by atoms with Gasteiger partial charge in [-0.3, -0.25) is 9.59 Å². The van der Waals surface area contributed by atoms with Crippen LogP contribution in [0.1, 0.15) is 27.1 Å². The maximum atomic E-state index is 13.0. The van der Waals surface area contributed by atoms with Gasteiger partial charge >= 0.3 is 0 Å². The lowest BCUT2D eigenvalue weighted by atomic mass is 10.1. The molecule has 0 radical (unpaired) electrons. The molecule has 7 nitrogen and oxygen atoms in total. The smallest absolute Gasteiger partial charge is 0.254 e. The number of carbonyl (C=O) groups excluding carboxylic acids is 2. The molecule has 0 saturated carbocycles. The minimum Gasteiger partial charge on any atom is -0.493 e. The van der Waals surface area contributed by atoms with E-state index in [0.29, 0.717) is 48.8 Å². The number of amides is 2. The molecule has 0 unspecified atom stereocenters.